The number of carbonyl (C=O) groups is 1. The Morgan fingerprint density at radius 2 is 2.31 bits per heavy atom. The molecule has 0 bridgehead atoms. The third kappa shape index (κ3) is 3.42. The SMILES string of the molecule is C=CCNCC(=O)c1cnc(C(F)(F)F)s1. The van der Waals surface area contributed by atoms with Gasteiger partial charge in [-0.2, -0.15) is 13.2 Å². The van der Waals surface area contributed by atoms with E-state index in [9.17, 15) is 18.0 Å². The highest BCUT2D eigenvalue weighted by Gasteiger charge is 2.35. The van der Waals surface area contributed by atoms with Gasteiger partial charge in [0.15, 0.2) is 10.8 Å². The van der Waals surface area contributed by atoms with Gasteiger partial charge in [0.1, 0.15) is 0 Å². The number of nitrogens with one attached hydrogen (secondary N) is 1. The lowest BCUT2D eigenvalue weighted by atomic mass is 10.3. The summed E-state index contributed by atoms with van der Waals surface area (Å²) in [5.74, 6) is -0.408. The molecule has 0 amide bonds. The smallest absolute Gasteiger partial charge is 0.306 e. The fraction of sp³-hybridized carbons (Fsp3) is 0.333. The number of halogens is 3. The van der Waals surface area contributed by atoms with Crippen molar-refractivity contribution in [3.05, 3.63) is 28.7 Å². The molecule has 0 spiro atoms. The van der Waals surface area contributed by atoms with Crippen LogP contribution in [0.3, 0.4) is 0 Å². The van der Waals surface area contributed by atoms with Gasteiger partial charge in [-0.15, -0.1) is 17.9 Å². The van der Waals surface area contributed by atoms with E-state index in [0.717, 1.165) is 6.20 Å². The van der Waals surface area contributed by atoms with Gasteiger partial charge in [-0.05, 0) is 0 Å². The van der Waals surface area contributed by atoms with Gasteiger partial charge in [-0.1, -0.05) is 6.08 Å². The highest BCUT2D eigenvalue weighted by Crippen LogP contribution is 2.32. The van der Waals surface area contributed by atoms with E-state index in [-0.39, 0.29) is 11.4 Å². The highest BCUT2D eigenvalue weighted by atomic mass is 32.1. The Morgan fingerprint density at radius 3 is 2.81 bits per heavy atom. The summed E-state index contributed by atoms with van der Waals surface area (Å²) >= 11 is 0.354. The predicted molar refractivity (Wildman–Crippen MR) is 54.5 cm³/mol. The van der Waals surface area contributed by atoms with Crippen molar-refractivity contribution in [3.63, 3.8) is 0 Å². The minimum atomic E-state index is -4.49. The van der Waals surface area contributed by atoms with Gasteiger partial charge >= 0.3 is 6.18 Å². The summed E-state index contributed by atoms with van der Waals surface area (Å²) in [5.41, 5.74) is 0. The zero-order valence-corrected chi connectivity index (χ0v) is 8.99. The van der Waals surface area contributed by atoms with Crippen molar-refractivity contribution >= 4 is 17.1 Å². The fourth-order valence-electron chi connectivity index (χ4n) is 0.909. The molecule has 0 aromatic carbocycles. The van der Waals surface area contributed by atoms with E-state index in [4.69, 9.17) is 0 Å². The lowest BCUT2D eigenvalue weighted by molar-refractivity contribution is -0.137. The maximum atomic E-state index is 12.2. The Balaban J connectivity index is 2.64. The van der Waals surface area contributed by atoms with Gasteiger partial charge < -0.3 is 5.32 Å². The maximum absolute atomic E-state index is 12.2. The van der Waals surface area contributed by atoms with Crippen LogP contribution in [0.25, 0.3) is 0 Å². The van der Waals surface area contributed by atoms with Crippen LogP contribution in [0.5, 0.6) is 0 Å². The Bertz CT molecular complexity index is 386. The zero-order chi connectivity index (χ0) is 12.2. The average Bonchev–Trinajstić information content (AvgIpc) is 2.66. The first-order valence-electron chi connectivity index (χ1n) is 4.33. The molecular weight excluding hydrogens is 241 g/mol. The van der Waals surface area contributed by atoms with E-state index in [0.29, 0.717) is 17.9 Å². The van der Waals surface area contributed by atoms with Crippen LogP contribution in [0.4, 0.5) is 13.2 Å². The van der Waals surface area contributed by atoms with Gasteiger partial charge in [0.25, 0.3) is 0 Å². The third-order valence-corrected chi connectivity index (χ3v) is 2.68. The number of alkyl halides is 3. The molecule has 0 radical (unpaired) electrons. The summed E-state index contributed by atoms with van der Waals surface area (Å²) in [4.78, 5) is 14.5. The second-order valence-electron chi connectivity index (χ2n) is 2.87. The van der Waals surface area contributed by atoms with Gasteiger partial charge in [-0.3, -0.25) is 4.79 Å². The van der Waals surface area contributed by atoms with Crippen LogP contribution in [0.2, 0.25) is 0 Å². The van der Waals surface area contributed by atoms with Crippen LogP contribution in [0, 0.1) is 0 Å². The monoisotopic (exact) mass is 250 g/mol. The van der Waals surface area contributed by atoms with E-state index in [1.165, 1.54) is 0 Å². The first-order valence-corrected chi connectivity index (χ1v) is 5.14. The second-order valence-corrected chi connectivity index (χ2v) is 3.90. The van der Waals surface area contributed by atoms with E-state index in [1.54, 1.807) is 6.08 Å². The van der Waals surface area contributed by atoms with Gasteiger partial charge in [-0.25, -0.2) is 4.98 Å². The molecule has 0 aliphatic rings. The second kappa shape index (κ2) is 5.22. The molecular formula is C9H9F3N2OS. The first kappa shape index (κ1) is 12.9. The molecule has 1 N–H and O–H groups in total. The molecule has 1 aromatic heterocycles. The minimum absolute atomic E-state index is 0.00360. The van der Waals surface area contributed by atoms with E-state index < -0.39 is 17.0 Å². The highest BCUT2D eigenvalue weighted by molar-refractivity contribution is 7.13. The summed E-state index contributed by atoms with van der Waals surface area (Å²) in [6, 6.07) is 0. The molecule has 0 aliphatic heterocycles. The average molecular weight is 250 g/mol. The quantitative estimate of drug-likeness (QED) is 0.494. The lowest BCUT2D eigenvalue weighted by Crippen LogP contribution is -2.22. The zero-order valence-electron chi connectivity index (χ0n) is 8.17. The van der Waals surface area contributed by atoms with Crippen LogP contribution in [-0.4, -0.2) is 23.9 Å². The van der Waals surface area contributed by atoms with Crippen molar-refractivity contribution in [2.75, 3.05) is 13.1 Å². The minimum Gasteiger partial charge on any atom is -0.306 e. The number of aromatic nitrogens is 1. The van der Waals surface area contributed by atoms with Gasteiger partial charge in [0.2, 0.25) is 0 Å². The number of nitrogens with zero attached hydrogens (tertiary/aromatic N) is 1. The van der Waals surface area contributed by atoms with Crippen molar-refractivity contribution < 1.29 is 18.0 Å². The van der Waals surface area contributed by atoms with Crippen LogP contribution in [0.15, 0.2) is 18.9 Å². The van der Waals surface area contributed by atoms with Crippen LogP contribution in [0.1, 0.15) is 14.7 Å². The molecule has 7 heteroatoms. The van der Waals surface area contributed by atoms with E-state index in [1.807, 2.05) is 0 Å². The summed E-state index contributed by atoms with van der Waals surface area (Å²) in [6.45, 7) is 3.84. The van der Waals surface area contributed by atoms with Crippen molar-refractivity contribution in [2.45, 2.75) is 6.18 Å². The Kier molecular flexibility index (Phi) is 4.19. The molecule has 16 heavy (non-hydrogen) atoms. The summed E-state index contributed by atoms with van der Waals surface area (Å²) in [7, 11) is 0. The van der Waals surface area contributed by atoms with Crippen LogP contribution < -0.4 is 5.32 Å². The Hall–Kier alpha value is -1.21. The largest absolute Gasteiger partial charge is 0.443 e. The molecule has 0 saturated heterocycles. The van der Waals surface area contributed by atoms with Crippen molar-refractivity contribution in [3.8, 4) is 0 Å². The standard InChI is InChI=1S/C9H9F3N2OS/c1-2-3-13-4-6(15)7-5-14-8(16-7)9(10,11)12/h2,5,13H,1,3-4H2. The third-order valence-electron chi connectivity index (χ3n) is 1.60. The van der Waals surface area contributed by atoms with Crippen LogP contribution in [-0.2, 0) is 6.18 Å². The van der Waals surface area contributed by atoms with Crippen LogP contribution >= 0.6 is 11.3 Å². The summed E-state index contributed by atoms with van der Waals surface area (Å²) < 4.78 is 36.5. The number of Topliss-reactive ketones (excluding diaryl/α,β-unsaturated/α-hetero) is 1. The topological polar surface area (TPSA) is 42.0 Å². The van der Waals surface area contributed by atoms with Gasteiger partial charge in [0, 0.05) is 12.7 Å². The van der Waals surface area contributed by atoms with Gasteiger partial charge in [0.05, 0.1) is 11.4 Å². The van der Waals surface area contributed by atoms with Crippen molar-refractivity contribution in [2.24, 2.45) is 0 Å². The van der Waals surface area contributed by atoms with Crippen molar-refractivity contribution in [1.29, 1.82) is 0 Å². The molecule has 0 atom stereocenters. The molecule has 88 valence electrons. The number of hydrogen-bond acceptors (Lipinski definition) is 4. The molecule has 0 unspecified atom stereocenters. The first-order chi connectivity index (χ1) is 7.45. The summed E-state index contributed by atoms with van der Waals surface area (Å²) in [6.07, 6.45) is -1.98. The number of thiazole rings is 1. The number of ketones is 1. The Labute approximate surface area is 94.0 Å². The van der Waals surface area contributed by atoms with E-state index >= 15 is 0 Å². The Morgan fingerprint density at radius 1 is 1.62 bits per heavy atom. The molecule has 1 aromatic rings. The molecule has 1 rings (SSSR count). The molecule has 0 aliphatic carbocycles. The van der Waals surface area contributed by atoms with E-state index in [2.05, 4.69) is 16.9 Å². The number of hydrogen-bond donors (Lipinski definition) is 1. The normalized spacial score (nSPS) is 11.4. The number of rotatable bonds is 5. The molecule has 1 heterocycles. The molecule has 0 saturated carbocycles. The maximum Gasteiger partial charge on any atom is 0.443 e. The number of carbonyl (C=O) groups excluding carboxylic acids is 1. The molecule has 0 fully saturated rings. The predicted octanol–water partition coefficient (Wildman–Crippen LogP) is 2.12. The van der Waals surface area contributed by atoms with Crippen molar-refractivity contribution in [1.82, 2.24) is 10.3 Å². The lowest BCUT2D eigenvalue weighted by Gasteiger charge is -1.99. The fourth-order valence-corrected chi connectivity index (χ4v) is 1.63. The summed E-state index contributed by atoms with van der Waals surface area (Å²) in [5, 5.41) is 1.71. The molecule has 3 nitrogen and oxygen atoms in total.